The van der Waals surface area contributed by atoms with E-state index >= 15 is 0 Å². The molecule has 0 radical (unpaired) electrons. The molecular formula is C17H19ClFNO. The first-order chi connectivity index (χ1) is 10.1. The normalized spacial score (nSPS) is 10.7. The number of ether oxygens (including phenoxy) is 1. The number of halogens is 2. The second kappa shape index (κ2) is 7.43. The second-order valence-electron chi connectivity index (χ2n) is 4.92. The highest BCUT2D eigenvalue weighted by atomic mass is 35.5. The number of hydrogen-bond donors (Lipinski definition) is 1. The van der Waals surface area contributed by atoms with E-state index in [0.29, 0.717) is 22.9 Å². The van der Waals surface area contributed by atoms with Gasteiger partial charge in [0.2, 0.25) is 0 Å². The van der Waals surface area contributed by atoms with Crippen molar-refractivity contribution in [2.75, 3.05) is 6.54 Å². The molecule has 0 saturated heterocycles. The lowest BCUT2D eigenvalue weighted by molar-refractivity contribution is 0.440. The van der Waals surface area contributed by atoms with Crippen molar-refractivity contribution in [3.05, 3.63) is 58.4 Å². The molecule has 0 aliphatic rings. The number of nitrogens with one attached hydrogen (secondary N) is 1. The zero-order valence-electron chi connectivity index (χ0n) is 12.2. The van der Waals surface area contributed by atoms with E-state index in [4.69, 9.17) is 16.3 Å². The third kappa shape index (κ3) is 4.19. The van der Waals surface area contributed by atoms with Gasteiger partial charge in [0, 0.05) is 11.6 Å². The fraction of sp³-hybridized carbons (Fsp3) is 0.294. The highest BCUT2D eigenvalue weighted by molar-refractivity contribution is 6.31. The number of rotatable bonds is 6. The molecular weight excluding hydrogens is 289 g/mol. The zero-order chi connectivity index (χ0) is 15.2. The number of hydrogen-bond acceptors (Lipinski definition) is 2. The summed E-state index contributed by atoms with van der Waals surface area (Å²) >= 11 is 6.23. The lowest BCUT2D eigenvalue weighted by Gasteiger charge is -2.11. The van der Waals surface area contributed by atoms with E-state index in [0.717, 1.165) is 18.5 Å². The highest BCUT2D eigenvalue weighted by Crippen LogP contribution is 2.29. The summed E-state index contributed by atoms with van der Waals surface area (Å²) in [6, 6.07) is 10.5. The molecule has 2 aromatic carbocycles. The number of benzene rings is 2. The van der Waals surface area contributed by atoms with Crippen molar-refractivity contribution in [3.8, 4) is 11.5 Å². The minimum absolute atomic E-state index is 0.211. The van der Waals surface area contributed by atoms with Gasteiger partial charge in [0.15, 0.2) is 11.6 Å². The smallest absolute Gasteiger partial charge is 0.168 e. The SMILES string of the molecule is CCCNCc1ccc(Oc2cccc(C)c2F)cc1Cl. The molecule has 2 nitrogen and oxygen atoms in total. The van der Waals surface area contributed by atoms with Crippen LogP contribution < -0.4 is 10.1 Å². The predicted octanol–water partition coefficient (Wildman–Crippen LogP) is 5.08. The molecule has 0 aliphatic carbocycles. The van der Waals surface area contributed by atoms with Crippen LogP contribution in [0.3, 0.4) is 0 Å². The van der Waals surface area contributed by atoms with Gasteiger partial charge in [0.25, 0.3) is 0 Å². The Morgan fingerprint density at radius 1 is 1.24 bits per heavy atom. The van der Waals surface area contributed by atoms with E-state index in [-0.39, 0.29) is 11.6 Å². The maximum absolute atomic E-state index is 13.9. The van der Waals surface area contributed by atoms with Gasteiger partial charge in [-0.1, -0.05) is 36.7 Å². The Labute approximate surface area is 129 Å². The Morgan fingerprint density at radius 2 is 2.05 bits per heavy atom. The summed E-state index contributed by atoms with van der Waals surface area (Å²) in [4.78, 5) is 0. The Hall–Kier alpha value is -1.58. The molecule has 0 aliphatic heterocycles. The van der Waals surface area contributed by atoms with Gasteiger partial charge in [0.05, 0.1) is 0 Å². The van der Waals surface area contributed by atoms with Gasteiger partial charge in [-0.05, 0) is 49.2 Å². The van der Waals surface area contributed by atoms with E-state index in [1.165, 1.54) is 0 Å². The van der Waals surface area contributed by atoms with Gasteiger partial charge in [-0.25, -0.2) is 4.39 Å². The average Bonchev–Trinajstić information content (AvgIpc) is 2.46. The predicted molar refractivity (Wildman–Crippen MR) is 84.7 cm³/mol. The summed E-state index contributed by atoms with van der Waals surface area (Å²) in [5.74, 6) is 0.397. The van der Waals surface area contributed by atoms with Crippen molar-refractivity contribution in [1.29, 1.82) is 0 Å². The molecule has 0 saturated carbocycles. The topological polar surface area (TPSA) is 21.3 Å². The molecule has 0 amide bonds. The number of aryl methyl sites for hydroxylation is 1. The van der Waals surface area contributed by atoms with Gasteiger partial charge >= 0.3 is 0 Å². The largest absolute Gasteiger partial charge is 0.454 e. The molecule has 2 rings (SSSR count). The summed E-state index contributed by atoms with van der Waals surface area (Å²) < 4.78 is 19.5. The molecule has 0 fully saturated rings. The Kier molecular flexibility index (Phi) is 5.59. The van der Waals surface area contributed by atoms with Crippen LogP contribution in [0.15, 0.2) is 36.4 Å². The molecule has 0 bridgehead atoms. The summed E-state index contributed by atoms with van der Waals surface area (Å²) in [7, 11) is 0. The van der Waals surface area contributed by atoms with Crippen LogP contribution in [0.4, 0.5) is 4.39 Å². The summed E-state index contributed by atoms with van der Waals surface area (Å²) in [6.07, 6.45) is 1.07. The minimum atomic E-state index is -0.345. The first kappa shape index (κ1) is 15.8. The van der Waals surface area contributed by atoms with Crippen molar-refractivity contribution in [3.63, 3.8) is 0 Å². The second-order valence-corrected chi connectivity index (χ2v) is 5.33. The third-order valence-corrected chi connectivity index (χ3v) is 3.50. The van der Waals surface area contributed by atoms with E-state index in [1.807, 2.05) is 6.07 Å². The lowest BCUT2D eigenvalue weighted by atomic mass is 10.2. The monoisotopic (exact) mass is 307 g/mol. The fourth-order valence-corrected chi connectivity index (χ4v) is 2.20. The van der Waals surface area contributed by atoms with Crippen LogP contribution in [0, 0.1) is 12.7 Å². The van der Waals surface area contributed by atoms with E-state index in [9.17, 15) is 4.39 Å². The standard InChI is InChI=1S/C17H19ClFNO/c1-3-9-20-11-13-7-8-14(10-15(13)18)21-16-6-4-5-12(2)17(16)19/h4-8,10,20H,3,9,11H2,1-2H3. The van der Waals surface area contributed by atoms with Gasteiger partial charge in [-0.3, -0.25) is 0 Å². The summed E-state index contributed by atoms with van der Waals surface area (Å²) in [5.41, 5.74) is 1.56. The van der Waals surface area contributed by atoms with Crippen molar-refractivity contribution in [2.45, 2.75) is 26.8 Å². The van der Waals surface area contributed by atoms with Crippen LogP contribution in [0.25, 0.3) is 0 Å². The minimum Gasteiger partial charge on any atom is -0.454 e. The molecule has 1 N–H and O–H groups in total. The lowest BCUT2D eigenvalue weighted by Crippen LogP contribution is -2.13. The quantitative estimate of drug-likeness (QED) is 0.751. The van der Waals surface area contributed by atoms with E-state index < -0.39 is 0 Å². The molecule has 4 heteroatoms. The Morgan fingerprint density at radius 3 is 2.76 bits per heavy atom. The van der Waals surface area contributed by atoms with Crippen molar-refractivity contribution < 1.29 is 9.13 Å². The average molecular weight is 308 g/mol. The molecule has 21 heavy (non-hydrogen) atoms. The van der Waals surface area contributed by atoms with Gasteiger partial charge in [-0.15, -0.1) is 0 Å². The summed E-state index contributed by atoms with van der Waals surface area (Å²) in [5, 5.41) is 3.91. The van der Waals surface area contributed by atoms with Crippen LogP contribution in [-0.4, -0.2) is 6.54 Å². The molecule has 0 aromatic heterocycles. The Balaban J connectivity index is 2.11. The first-order valence-electron chi connectivity index (χ1n) is 7.04. The van der Waals surface area contributed by atoms with Crippen molar-refractivity contribution in [2.24, 2.45) is 0 Å². The van der Waals surface area contributed by atoms with Crippen LogP contribution >= 0.6 is 11.6 Å². The fourth-order valence-electron chi connectivity index (χ4n) is 1.96. The molecule has 0 heterocycles. The zero-order valence-corrected chi connectivity index (χ0v) is 13.0. The van der Waals surface area contributed by atoms with Crippen LogP contribution in [0.2, 0.25) is 5.02 Å². The first-order valence-corrected chi connectivity index (χ1v) is 7.41. The van der Waals surface area contributed by atoms with Crippen LogP contribution in [0.5, 0.6) is 11.5 Å². The maximum Gasteiger partial charge on any atom is 0.168 e. The van der Waals surface area contributed by atoms with Crippen LogP contribution in [-0.2, 0) is 6.54 Å². The van der Waals surface area contributed by atoms with Crippen molar-refractivity contribution in [1.82, 2.24) is 5.32 Å². The van der Waals surface area contributed by atoms with Crippen molar-refractivity contribution >= 4 is 11.6 Å². The molecule has 0 spiro atoms. The molecule has 0 unspecified atom stereocenters. The molecule has 112 valence electrons. The van der Waals surface area contributed by atoms with Gasteiger partial charge < -0.3 is 10.1 Å². The van der Waals surface area contributed by atoms with E-state index in [1.54, 1.807) is 37.3 Å². The Bertz CT molecular complexity index is 616. The molecule has 2 aromatic rings. The molecule has 0 atom stereocenters. The third-order valence-electron chi connectivity index (χ3n) is 3.15. The summed E-state index contributed by atoms with van der Waals surface area (Å²) in [6.45, 7) is 5.48. The highest BCUT2D eigenvalue weighted by Gasteiger charge is 2.08. The maximum atomic E-state index is 13.9. The van der Waals surface area contributed by atoms with Gasteiger partial charge in [0.1, 0.15) is 5.75 Å². The van der Waals surface area contributed by atoms with E-state index in [2.05, 4.69) is 12.2 Å². The van der Waals surface area contributed by atoms with Gasteiger partial charge in [-0.2, -0.15) is 0 Å². The van der Waals surface area contributed by atoms with Crippen LogP contribution in [0.1, 0.15) is 24.5 Å².